The van der Waals surface area contributed by atoms with Gasteiger partial charge in [0, 0.05) is 11.7 Å². The molecule has 110 valence electrons. The van der Waals surface area contributed by atoms with Crippen LogP contribution in [0.4, 0.5) is 5.69 Å². The van der Waals surface area contributed by atoms with Crippen LogP contribution in [0.3, 0.4) is 0 Å². The quantitative estimate of drug-likeness (QED) is 0.918. The number of aryl methyl sites for hydroxylation is 2. The number of pyridine rings is 1. The third kappa shape index (κ3) is 2.87. The Kier molecular flexibility index (Phi) is 3.82. The second kappa shape index (κ2) is 5.76. The van der Waals surface area contributed by atoms with Crippen molar-refractivity contribution in [2.24, 2.45) is 0 Å². The molecule has 1 aliphatic carbocycles. The first-order chi connectivity index (χ1) is 10.2. The molecular weight excluding hydrogens is 260 g/mol. The number of benzene rings is 1. The minimum atomic E-state index is 0.531. The highest BCUT2D eigenvalue weighted by Gasteiger charge is 2.32. The third-order valence-electron chi connectivity index (χ3n) is 4.30. The molecule has 0 aliphatic heterocycles. The van der Waals surface area contributed by atoms with Gasteiger partial charge in [-0.2, -0.15) is 0 Å². The molecule has 1 N–H and O–H groups in total. The Bertz CT molecular complexity index is 633. The number of ether oxygens (including phenoxy) is 1. The molecule has 3 rings (SSSR count). The highest BCUT2D eigenvalue weighted by atomic mass is 16.5. The number of nitrogens with one attached hydrogen (secondary N) is 1. The van der Waals surface area contributed by atoms with Crippen molar-refractivity contribution >= 4 is 5.69 Å². The molecule has 1 fully saturated rings. The van der Waals surface area contributed by atoms with E-state index in [1.807, 2.05) is 19.1 Å². The number of para-hydroxylation sites is 1. The number of anilines is 1. The molecule has 0 atom stereocenters. The lowest BCUT2D eigenvalue weighted by Crippen LogP contribution is -2.34. The summed E-state index contributed by atoms with van der Waals surface area (Å²) in [5, 5.41) is 3.61. The molecule has 1 aromatic carbocycles. The zero-order chi connectivity index (χ0) is 14.8. The van der Waals surface area contributed by atoms with Crippen LogP contribution in [0.5, 0.6) is 5.75 Å². The molecule has 2 aromatic rings. The number of hydrogen-bond acceptors (Lipinski definition) is 3. The number of aromatic nitrogens is 1. The normalized spacial score (nSPS) is 20.7. The highest BCUT2D eigenvalue weighted by Crippen LogP contribution is 2.42. The first-order valence-electron chi connectivity index (χ1n) is 7.51. The maximum Gasteiger partial charge on any atom is 0.122 e. The van der Waals surface area contributed by atoms with Gasteiger partial charge in [0.25, 0.3) is 0 Å². The summed E-state index contributed by atoms with van der Waals surface area (Å²) in [6.45, 7) is 4.09. The molecule has 21 heavy (non-hydrogen) atoms. The van der Waals surface area contributed by atoms with E-state index in [0.717, 1.165) is 35.7 Å². The van der Waals surface area contributed by atoms with Crippen molar-refractivity contribution in [2.45, 2.75) is 38.6 Å². The maximum absolute atomic E-state index is 5.46. The molecule has 1 aliphatic rings. The van der Waals surface area contributed by atoms with E-state index >= 15 is 0 Å². The Balaban J connectivity index is 1.63. The van der Waals surface area contributed by atoms with Gasteiger partial charge in [0.2, 0.25) is 0 Å². The predicted octanol–water partition coefficient (Wildman–Crippen LogP) is 4.07. The van der Waals surface area contributed by atoms with E-state index in [4.69, 9.17) is 4.74 Å². The second-order valence-electron chi connectivity index (χ2n) is 5.84. The SMILES string of the molecule is COc1ccccc1C1CC(Nc2ccc(C)nc2C)C1. The van der Waals surface area contributed by atoms with Gasteiger partial charge in [0.15, 0.2) is 0 Å². The lowest BCUT2D eigenvalue weighted by Gasteiger charge is -2.37. The maximum atomic E-state index is 5.46. The van der Waals surface area contributed by atoms with Crippen molar-refractivity contribution in [3.63, 3.8) is 0 Å². The van der Waals surface area contributed by atoms with Crippen LogP contribution in [0.2, 0.25) is 0 Å². The van der Waals surface area contributed by atoms with Crippen LogP contribution in [-0.2, 0) is 0 Å². The van der Waals surface area contributed by atoms with Crippen LogP contribution in [0.15, 0.2) is 36.4 Å². The van der Waals surface area contributed by atoms with Crippen LogP contribution in [-0.4, -0.2) is 18.1 Å². The van der Waals surface area contributed by atoms with Crippen molar-refractivity contribution in [2.75, 3.05) is 12.4 Å². The summed E-state index contributed by atoms with van der Waals surface area (Å²) < 4.78 is 5.46. The summed E-state index contributed by atoms with van der Waals surface area (Å²) in [4.78, 5) is 4.51. The highest BCUT2D eigenvalue weighted by molar-refractivity contribution is 5.49. The van der Waals surface area contributed by atoms with Crippen molar-refractivity contribution in [3.05, 3.63) is 53.3 Å². The van der Waals surface area contributed by atoms with Gasteiger partial charge in [0.05, 0.1) is 18.5 Å². The molecule has 0 radical (unpaired) electrons. The monoisotopic (exact) mass is 282 g/mol. The Morgan fingerprint density at radius 2 is 1.86 bits per heavy atom. The van der Waals surface area contributed by atoms with Crippen molar-refractivity contribution in [3.8, 4) is 5.75 Å². The molecule has 0 spiro atoms. The van der Waals surface area contributed by atoms with Gasteiger partial charge in [-0.1, -0.05) is 18.2 Å². The minimum absolute atomic E-state index is 0.531. The van der Waals surface area contributed by atoms with Crippen molar-refractivity contribution in [1.82, 2.24) is 4.98 Å². The van der Waals surface area contributed by atoms with E-state index in [2.05, 4.69) is 41.5 Å². The fourth-order valence-corrected chi connectivity index (χ4v) is 3.05. The standard InChI is InChI=1S/C18H22N2O/c1-12-8-9-17(13(2)19-12)20-15-10-14(11-15)16-6-4-5-7-18(16)21-3/h4-9,14-15,20H,10-11H2,1-3H3. The first-order valence-corrected chi connectivity index (χ1v) is 7.51. The Morgan fingerprint density at radius 3 is 2.57 bits per heavy atom. The molecular formula is C18H22N2O. The molecule has 1 aromatic heterocycles. The lowest BCUT2D eigenvalue weighted by atomic mass is 9.75. The van der Waals surface area contributed by atoms with E-state index in [-0.39, 0.29) is 0 Å². The fourth-order valence-electron chi connectivity index (χ4n) is 3.05. The van der Waals surface area contributed by atoms with E-state index in [0.29, 0.717) is 12.0 Å². The van der Waals surface area contributed by atoms with Crippen molar-refractivity contribution < 1.29 is 4.74 Å². The van der Waals surface area contributed by atoms with Gasteiger partial charge >= 0.3 is 0 Å². The van der Waals surface area contributed by atoms with Gasteiger partial charge in [-0.05, 0) is 56.4 Å². The van der Waals surface area contributed by atoms with Gasteiger partial charge < -0.3 is 10.1 Å². The lowest BCUT2D eigenvalue weighted by molar-refractivity contribution is 0.349. The summed E-state index contributed by atoms with van der Waals surface area (Å²) >= 11 is 0. The summed E-state index contributed by atoms with van der Waals surface area (Å²) in [5.74, 6) is 1.60. The van der Waals surface area contributed by atoms with Crippen LogP contribution >= 0.6 is 0 Å². The molecule has 0 bridgehead atoms. The molecule has 0 amide bonds. The summed E-state index contributed by atoms with van der Waals surface area (Å²) in [5.41, 5.74) is 4.63. The molecule has 1 saturated carbocycles. The topological polar surface area (TPSA) is 34.1 Å². The Hall–Kier alpha value is -2.03. The third-order valence-corrected chi connectivity index (χ3v) is 4.30. The zero-order valence-corrected chi connectivity index (χ0v) is 12.9. The van der Waals surface area contributed by atoms with Gasteiger partial charge in [-0.15, -0.1) is 0 Å². The Labute approximate surface area is 126 Å². The first kappa shape index (κ1) is 13.9. The largest absolute Gasteiger partial charge is 0.496 e. The number of methoxy groups -OCH3 is 1. The predicted molar refractivity (Wildman–Crippen MR) is 86.1 cm³/mol. The van der Waals surface area contributed by atoms with E-state index < -0.39 is 0 Å². The Morgan fingerprint density at radius 1 is 1.10 bits per heavy atom. The van der Waals surface area contributed by atoms with Crippen LogP contribution < -0.4 is 10.1 Å². The van der Waals surface area contributed by atoms with Crippen LogP contribution in [0, 0.1) is 13.8 Å². The minimum Gasteiger partial charge on any atom is -0.496 e. The number of hydrogen-bond donors (Lipinski definition) is 1. The summed E-state index contributed by atoms with van der Waals surface area (Å²) in [6.07, 6.45) is 2.29. The van der Waals surface area contributed by atoms with E-state index in [9.17, 15) is 0 Å². The molecule has 3 heteroatoms. The second-order valence-corrected chi connectivity index (χ2v) is 5.84. The van der Waals surface area contributed by atoms with Crippen molar-refractivity contribution in [1.29, 1.82) is 0 Å². The van der Waals surface area contributed by atoms with Crippen LogP contribution in [0.25, 0.3) is 0 Å². The smallest absolute Gasteiger partial charge is 0.122 e. The molecule has 0 unspecified atom stereocenters. The zero-order valence-electron chi connectivity index (χ0n) is 12.9. The van der Waals surface area contributed by atoms with E-state index in [1.165, 1.54) is 5.56 Å². The van der Waals surface area contributed by atoms with Gasteiger partial charge in [0.1, 0.15) is 5.75 Å². The van der Waals surface area contributed by atoms with Crippen LogP contribution in [0.1, 0.15) is 35.7 Å². The summed E-state index contributed by atoms with van der Waals surface area (Å²) in [7, 11) is 1.74. The number of nitrogens with zero attached hydrogens (tertiary/aromatic N) is 1. The molecule has 1 heterocycles. The average Bonchev–Trinajstić information content (AvgIpc) is 2.44. The van der Waals surface area contributed by atoms with Gasteiger partial charge in [-0.25, -0.2) is 0 Å². The number of rotatable bonds is 4. The fraction of sp³-hybridized carbons (Fsp3) is 0.389. The molecule has 3 nitrogen and oxygen atoms in total. The van der Waals surface area contributed by atoms with E-state index in [1.54, 1.807) is 7.11 Å². The average molecular weight is 282 g/mol. The molecule has 0 saturated heterocycles. The summed E-state index contributed by atoms with van der Waals surface area (Å²) in [6, 6.07) is 13.1. The van der Waals surface area contributed by atoms with Gasteiger partial charge in [-0.3, -0.25) is 4.98 Å².